The van der Waals surface area contributed by atoms with E-state index in [0.717, 1.165) is 16.7 Å². The number of piperazine rings is 1. The van der Waals surface area contributed by atoms with Gasteiger partial charge < -0.3 is 33.9 Å². The molecule has 4 rings (SSSR count). The maximum atomic E-state index is 12.7. The first-order valence-electron chi connectivity index (χ1n) is 12.9. The number of nitrogens with zero attached hydrogens (tertiary/aromatic N) is 4. The van der Waals surface area contributed by atoms with Crippen molar-refractivity contribution in [3.05, 3.63) is 48.3 Å². The number of hydrogen-bond acceptors (Lipinski definition) is 9. The third-order valence-corrected chi connectivity index (χ3v) is 5.47. The van der Waals surface area contributed by atoms with Crippen molar-refractivity contribution in [2.24, 2.45) is 0 Å². The van der Waals surface area contributed by atoms with Crippen LogP contribution in [0.2, 0.25) is 0 Å². The molecule has 2 N–H and O–H groups in total. The number of aryl methyl sites for hydroxylation is 1. The van der Waals surface area contributed by atoms with Gasteiger partial charge in [0.25, 0.3) is 6.01 Å². The lowest BCUT2D eigenvalue weighted by Gasteiger charge is -2.40. The first kappa shape index (κ1) is 36.4. The average molecular weight is 653 g/mol. The van der Waals surface area contributed by atoms with E-state index in [-0.39, 0.29) is 12.1 Å². The Morgan fingerprint density at radius 2 is 1.60 bits per heavy atom. The van der Waals surface area contributed by atoms with Crippen molar-refractivity contribution in [1.29, 1.82) is 0 Å². The van der Waals surface area contributed by atoms with Gasteiger partial charge >= 0.3 is 30.4 Å². The molecular weight excluding hydrogens is 622 g/mol. The largest absolute Gasteiger partial charge is 0.490 e. The van der Waals surface area contributed by atoms with Crippen LogP contribution in [-0.2, 0) is 14.3 Å². The molecule has 0 saturated carbocycles. The number of carboxylic acid groups (broad SMARTS) is 2. The molecule has 248 valence electrons. The van der Waals surface area contributed by atoms with Crippen LogP contribution in [0, 0.1) is 6.92 Å². The number of amides is 1. The number of oxazole rings is 1. The third kappa shape index (κ3) is 12.0. The zero-order chi connectivity index (χ0) is 34.2. The predicted octanol–water partition coefficient (Wildman–Crippen LogP) is 5.30. The minimum atomic E-state index is -5.08. The monoisotopic (exact) mass is 652 g/mol. The van der Waals surface area contributed by atoms with E-state index in [2.05, 4.69) is 14.9 Å². The smallest absolute Gasteiger partial charge is 0.490 e. The van der Waals surface area contributed by atoms with Crippen LogP contribution in [-0.4, -0.2) is 93.3 Å². The highest BCUT2D eigenvalue weighted by atomic mass is 19.4. The molecule has 12 nitrogen and oxygen atoms in total. The number of fused-ring (bicyclic) bond motifs is 1. The number of alkyl halides is 6. The number of aromatic nitrogens is 2. The van der Waals surface area contributed by atoms with Crippen LogP contribution >= 0.6 is 0 Å². The molecule has 1 aromatic carbocycles. The van der Waals surface area contributed by atoms with Crippen molar-refractivity contribution in [1.82, 2.24) is 14.9 Å². The highest BCUT2D eigenvalue weighted by Gasteiger charge is 2.39. The van der Waals surface area contributed by atoms with E-state index in [0.29, 0.717) is 38.0 Å². The van der Waals surface area contributed by atoms with Gasteiger partial charge in [-0.3, -0.25) is 4.98 Å². The van der Waals surface area contributed by atoms with Gasteiger partial charge in [0.2, 0.25) is 0 Å². The highest BCUT2D eigenvalue weighted by molar-refractivity contribution is 5.76. The summed E-state index contributed by atoms with van der Waals surface area (Å²) in [7, 11) is 0. The SMILES string of the molecule is Cc1ccc2nc(N3CCN(C(=O)OC(C)(C)C)CC3COc3cccnc3)oc2c1.O=C(O)C(F)(F)F.O=C(O)C(F)(F)F. The van der Waals surface area contributed by atoms with Crippen molar-refractivity contribution in [3.8, 4) is 5.75 Å². The molecule has 1 amide bonds. The number of halogens is 6. The fourth-order valence-electron chi connectivity index (χ4n) is 3.51. The summed E-state index contributed by atoms with van der Waals surface area (Å²) in [5.41, 5.74) is 2.12. The number of carbonyl (C=O) groups excluding carboxylic acids is 1. The van der Waals surface area contributed by atoms with E-state index in [1.54, 1.807) is 17.3 Å². The summed E-state index contributed by atoms with van der Waals surface area (Å²) in [5, 5.41) is 14.2. The van der Waals surface area contributed by atoms with Crippen LogP contribution in [0.5, 0.6) is 5.75 Å². The van der Waals surface area contributed by atoms with Gasteiger partial charge in [0, 0.05) is 25.8 Å². The molecule has 45 heavy (non-hydrogen) atoms. The van der Waals surface area contributed by atoms with Crippen LogP contribution in [0.15, 0.2) is 47.1 Å². The van der Waals surface area contributed by atoms with Crippen molar-refractivity contribution in [2.75, 3.05) is 31.1 Å². The number of pyridine rings is 1. The van der Waals surface area contributed by atoms with E-state index in [1.807, 2.05) is 58.0 Å². The molecule has 3 heterocycles. The van der Waals surface area contributed by atoms with Gasteiger partial charge in [-0.2, -0.15) is 31.3 Å². The molecule has 18 heteroatoms. The fraction of sp³-hybridized carbons (Fsp3) is 0.444. The number of rotatable bonds is 4. The predicted molar refractivity (Wildman–Crippen MR) is 145 cm³/mol. The van der Waals surface area contributed by atoms with Crippen LogP contribution in [0.25, 0.3) is 11.1 Å². The van der Waals surface area contributed by atoms with Crippen molar-refractivity contribution in [3.63, 3.8) is 0 Å². The molecule has 3 aromatic rings. The Bertz CT molecular complexity index is 1420. The van der Waals surface area contributed by atoms with E-state index in [4.69, 9.17) is 33.7 Å². The first-order valence-corrected chi connectivity index (χ1v) is 12.9. The number of hydrogen-bond donors (Lipinski definition) is 2. The second kappa shape index (κ2) is 14.8. The molecule has 1 fully saturated rings. The summed E-state index contributed by atoms with van der Waals surface area (Å²) in [4.78, 5) is 43.0. The van der Waals surface area contributed by atoms with Crippen molar-refractivity contribution < 1.29 is 64.8 Å². The molecule has 1 aliphatic heterocycles. The second-order valence-electron chi connectivity index (χ2n) is 10.3. The lowest BCUT2D eigenvalue weighted by atomic mass is 10.2. The number of carboxylic acids is 2. The van der Waals surface area contributed by atoms with Gasteiger partial charge in [-0.25, -0.2) is 14.4 Å². The lowest BCUT2D eigenvalue weighted by molar-refractivity contribution is -0.193. The molecule has 1 atom stereocenters. The normalized spacial score (nSPS) is 15.3. The van der Waals surface area contributed by atoms with E-state index in [9.17, 15) is 31.1 Å². The summed E-state index contributed by atoms with van der Waals surface area (Å²) in [5.74, 6) is -4.84. The van der Waals surface area contributed by atoms with Gasteiger partial charge in [-0.1, -0.05) is 6.07 Å². The quantitative estimate of drug-likeness (QED) is 0.353. The standard InChI is InChI=1S/C23H28N4O4.2C2HF3O2/c1-16-7-8-19-20(12-16)30-21(25-19)27-11-10-26(22(28)31-23(2,3)4)14-17(27)15-29-18-6-5-9-24-13-18;2*3-2(4,5)1(6)7/h5-9,12-13,17H,10-11,14-15H2,1-4H3;2*(H,6,7). The Labute approximate surface area is 252 Å². The zero-order valence-electron chi connectivity index (χ0n) is 24.3. The summed E-state index contributed by atoms with van der Waals surface area (Å²) < 4.78 is 81.1. The number of benzene rings is 1. The van der Waals surface area contributed by atoms with E-state index in [1.165, 1.54) is 0 Å². The number of aliphatic carboxylic acids is 2. The average Bonchev–Trinajstić information content (AvgIpc) is 3.34. The number of carbonyl (C=O) groups is 3. The molecule has 0 radical (unpaired) electrons. The van der Waals surface area contributed by atoms with Crippen LogP contribution < -0.4 is 9.64 Å². The summed E-state index contributed by atoms with van der Waals surface area (Å²) in [6, 6.07) is 10.00. The van der Waals surface area contributed by atoms with Crippen LogP contribution in [0.4, 0.5) is 37.2 Å². The zero-order valence-corrected chi connectivity index (χ0v) is 24.3. The van der Waals surface area contributed by atoms with Crippen LogP contribution in [0.3, 0.4) is 0 Å². The third-order valence-electron chi connectivity index (χ3n) is 5.47. The van der Waals surface area contributed by atoms with Crippen molar-refractivity contribution >= 4 is 35.1 Å². The second-order valence-corrected chi connectivity index (χ2v) is 10.3. The molecule has 1 unspecified atom stereocenters. The number of ether oxygens (including phenoxy) is 2. The van der Waals surface area contributed by atoms with E-state index >= 15 is 0 Å². The molecular formula is C27H30F6N4O8. The van der Waals surface area contributed by atoms with E-state index < -0.39 is 29.9 Å². The summed E-state index contributed by atoms with van der Waals surface area (Å²) in [6.07, 6.45) is -7.13. The van der Waals surface area contributed by atoms with Crippen LogP contribution in [0.1, 0.15) is 26.3 Å². The van der Waals surface area contributed by atoms with Gasteiger partial charge in [-0.15, -0.1) is 0 Å². The molecule has 0 bridgehead atoms. The van der Waals surface area contributed by atoms with Crippen molar-refractivity contribution in [2.45, 2.75) is 51.7 Å². The molecule has 2 aromatic heterocycles. The Morgan fingerprint density at radius 1 is 1.00 bits per heavy atom. The summed E-state index contributed by atoms with van der Waals surface area (Å²) in [6.45, 7) is 9.48. The minimum absolute atomic E-state index is 0.157. The molecule has 0 spiro atoms. The molecule has 0 aliphatic carbocycles. The Kier molecular flexibility index (Phi) is 12.0. The summed E-state index contributed by atoms with van der Waals surface area (Å²) >= 11 is 0. The lowest BCUT2D eigenvalue weighted by Crippen LogP contribution is -2.57. The Morgan fingerprint density at radius 3 is 2.11 bits per heavy atom. The Balaban J connectivity index is 0.000000421. The van der Waals surface area contributed by atoms with Gasteiger partial charge in [-0.05, 0) is 57.5 Å². The maximum absolute atomic E-state index is 12.7. The van der Waals surface area contributed by atoms with Gasteiger partial charge in [0.15, 0.2) is 5.58 Å². The van der Waals surface area contributed by atoms with Gasteiger partial charge in [0.1, 0.15) is 23.5 Å². The number of anilines is 1. The fourth-order valence-corrected chi connectivity index (χ4v) is 3.51. The molecule has 1 saturated heterocycles. The van der Waals surface area contributed by atoms with Gasteiger partial charge in [0.05, 0.1) is 12.2 Å². The Hall–Kier alpha value is -4.77. The highest BCUT2D eigenvalue weighted by Crippen LogP contribution is 2.27. The molecule has 1 aliphatic rings. The first-order chi connectivity index (χ1) is 20.7. The maximum Gasteiger partial charge on any atom is 0.490 e. The topological polar surface area (TPSA) is 156 Å². The minimum Gasteiger partial charge on any atom is -0.490 e.